The molecule has 0 radical (unpaired) electrons. The number of nitrogens with zero attached hydrogens (tertiary/aromatic N) is 2. The van der Waals surface area contributed by atoms with E-state index < -0.39 is 4.92 Å². The third-order valence-corrected chi connectivity index (χ3v) is 2.16. The second-order valence-electron chi connectivity index (χ2n) is 1.86. The summed E-state index contributed by atoms with van der Waals surface area (Å²) in [7, 11) is 1.33. The van der Waals surface area contributed by atoms with Gasteiger partial charge in [0, 0.05) is 6.07 Å². The van der Waals surface area contributed by atoms with E-state index >= 15 is 0 Å². The van der Waals surface area contributed by atoms with Gasteiger partial charge in [0.25, 0.3) is 5.06 Å². The molecule has 0 aromatic carbocycles. The first kappa shape index (κ1) is 8.49. The number of nitriles is 1. The van der Waals surface area contributed by atoms with Crippen LogP contribution in [0, 0.1) is 21.4 Å². The topological polar surface area (TPSA) is 76.2 Å². The largest absolute Gasteiger partial charge is 0.482 e. The first-order chi connectivity index (χ1) is 5.69. The maximum Gasteiger partial charge on any atom is 0.323 e. The maximum absolute atomic E-state index is 10.3. The SMILES string of the molecule is COc1sc(C#N)cc1[N+](=O)[O-]. The highest BCUT2D eigenvalue weighted by atomic mass is 32.1. The van der Waals surface area contributed by atoms with Gasteiger partial charge < -0.3 is 4.74 Å². The number of nitro groups is 1. The lowest BCUT2D eigenvalue weighted by atomic mass is 10.4. The van der Waals surface area contributed by atoms with Gasteiger partial charge in [-0.25, -0.2) is 0 Å². The molecule has 0 saturated heterocycles. The van der Waals surface area contributed by atoms with Crippen LogP contribution in [0.3, 0.4) is 0 Å². The van der Waals surface area contributed by atoms with Crippen LogP contribution in [0.15, 0.2) is 6.07 Å². The molecular formula is C6H4N2O3S. The van der Waals surface area contributed by atoms with E-state index in [2.05, 4.69) is 0 Å². The average molecular weight is 184 g/mol. The van der Waals surface area contributed by atoms with Crippen molar-refractivity contribution in [3.05, 3.63) is 21.1 Å². The molecule has 0 saturated carbocycles. The Kier molecular flexibility index (Phi) is 2.26. The standard InChI is InChI=1S/C6H4N2O3S/c1-11-6-5(8(9)10)2-4(3-7)12-6/h2H,1H3. The van der Waals surface area contributed by atoms with Crippen LogP contribution < -0.4 is 4.74 Å². The quantitative estimate of drug-likeness (QED) is 0.516. The minimum absolute atomic E-state index is 0.154. The van der Waals surface area contributed by atoms with E-state index in [0.717, 1.165) is 11.3 Å². The number of hydrogen-bond acceptors (Lipinski definition) is 5. The van der Waals surface area contributed by atoms with Gasteiger partial charge in [-0.05, 0) is 0 Å². The molecule has 1 heterocycles. The summed E-state index contributed by atoms with van der Waals surface area (Å²) in [6.07, 6.45) is 0. The van der Waals surface area contributed by atoms with E-state index in [1.165, 1.54) is 13.2 Å². The molecule has 0 aliphatic heterocycles. The summed E-state index contributed by atoms with van der Waals surface area (Å²) >= 11 is 0.963. The molecule has 0 amide bonds. The zero-order chi connectivity index (χ0) is 9.14. The molecule has 0 unspecified atom stereocenters. The van der Waals surface area contributed by atoms with Crippen LogP contribution in [-0.4, -0.2) is 12.0 Å². The van der Waals surface area contributed by atoms with E-state index in [1.54, 1.807) is 0 Å². The van der Waals surface area contributed by atoms with Crippen molar-refractivity contribution in [2.24, 2.45) is 0 Å². The van der Waals surface area contributed by atoms with Gasteiger partial charge in [0.1, 0.15) is 10.9 Å². The van der Waals surface area contributed by atoms with Gasteiger partial charge >= 0.3 is 5.69 Å². The summed E-state index contributed by atoms with van der Waals surface area (Å²) in [4.78, 5) is 10.0. The Bertz CT molecular complexity index is 352. The fourth-order valence-electron chi connectivity index (χ4n) is 0.693. The molecular weight excluding hydrogens is 180 g/mol. The van der Waals surface area contributed by atoms with Gasteiger partial charge in [-0.2, -0.15) is 5.26 Å². The Morgan fingerprint density at radius 1 is 1.83 bits per heavy atom. The van der Waals surface area contributed by atoms with Crippen LogP contribution in [0.5, 0.6) is 5.06 Å². The van der Waals surface area contributed by atoms with Gasteiger partial charge in [0.2, 0.25) is 0 Å². The molecule has 0 aliphatic rings. The Hall–Kier alpha value is -1.61. The minimum Gasteiger partial charge on any atom is -0.482 e. The van der Waals surface area contributed by atoms with Gasteiger partial charge in [-0.3, -0.25) is 10.1 Å². The summed E-state index contributed by atoms with van der Waals surface area (Å²) in [6.45, 7) is 0. The number of rotatable bonds is 2. The van der Waals surface area contributed by atoms with Crippen molar-refractivity contribution >= 4 is 17.0 Å². The first-order valence-corrected chi connectivity index (χ1v) is 3.73. The van der Waals surface area contributed by atoms with Crippen molar-refractivity contribution in [1.29, 1.82) is 5.26 Å². The number of methoxy groups -OCH3 is 1. The van der Waals surface area contributed by atoms with Gasteiger partial charge in [0.05, 0.1) is 12.0 Å². The van der Waals surface area contributed by atoms with Crippen LogP contribution in [0.1, 0.15) is 4.88 Å². The summed E-state index contributed by atoms with van der Waals surface area (Å²) in [6, 6.07) is 3.01. The lowest BCUT2D eigenvalue weighted by molar-refractivity contribution is -0.385. The number of ether oxygens (including phenoxy) is 1. The second kappa shape index (κ2) is 3.19. The van der Waals surface area contributed by atoms with E-state index in [4.69, 9.17) is 10.00 Å². The van der Waals surface area contributed by atoms with Gasteiger partial charge in [-0.15, -0.1) is 0 Å². The van der Waals surface area contributed by atoms with Crippen molar-refractivity contribution in [2.45, 2.75) is 0 Å². The maximum atomic E-state index is 10.3. The molecule has 0 fully saturated rings. The van der Waals surface area contributed by atoms with Gasteiger partial charge in [0.15, 0.2) is 0 Å². The van der Waals surface area contributed by atoms with Crippen molar-refractivity contribution in [3.8, 4) is 11.1 Å². The van der Waals surface area contributed by atoms with Crippen LogP contribution in [0.2, 0.25) is 0 Å². The number of hydrogen-bond donors (Lipinski definition) is 0. The van der Waals surface area contributed by atoms with Crippen molar-refractivity contribution < 1.29 is 9.66 Å². The van der Waals surface area contributed by atoms with Gasteiger partial charge in [-0.1, -0.05) is 11.3 Å². The Labute approximate surface area is 72.0 Å². The Morgan fingerprint density at radius 2 is 2.50 bits per heavy atom. The van der Waals surface area contributed by atoms with E-state index in [9.17, 15) is 10.1 Å². The van der Waals surface area contributed by atoms with Crippen LogP contribution >= 0.6 is 11.3 Å². The fraction of sp³-hybridized carbons (Fsp3) is 0.167. The second-order valence-corrected chi connectivity index (χ2v) is 2.87. The lowest BCUT2D eigenvalue weighted by Gasteiger charge is -1.91. The molecule has 1 aromatic rings. The molecule has 0 atom stereocenters. The van der Waals surface area contributed by atoms with Crippen molar-refractivity contribution in [3.63, 3.8) is 0 Å². The molecule has 1 aromatic heterocycles. The van der Waals surface area contributed by atoms with Crippen molar-refractivity contribution in [2.75, 3.05) is 7.11 Å². The lowest BCUT2D eigenvalue weighted by Crippen LogP contribution is -1.88. The molecule has 6 heteroatoms. The molecule has 1 rings (SSSR count). The Balaban J connectivity index is 3.19. The molecule has 0 N–H and O–H groups in total. The third-order valence-electron chi connectivity index (χ3n) is 1.17. The van der Waals surface area contributed by atoms with Crippen LogP contribution in [0.25, 0.3) is 0 Å². The predicted octanol–water partition coefficient (Wildman–Crippen LogP) is 1.54. The summed E-state index contributed by atoms with van der Waals surface area (Å²) in [5.41, 5.74) is -0.154. The smallest absolute Gasteiger partial charge is 0.323 e. The molecule has 0 aliphatic carbocycles. The first-order valence-electron chi connectivity index (χ1n) is 2.91. The van der Waals surface area contributed by atoms with Crippen molar-refractivity contribution in [1.82, 2.24) is 0 Å². The molecule has 0 bridgehead atoms. The highest BCUT2D eigenvalue weighted by Gasteiger charge is 2.19. The van der Waals surface area contributed by atoms with E-state index in [0.29, 0.717) is 0 Å². The van der Waals surface area contributed by atoms with E-state index in [-0.39, 0.29) is 15.6 Å². The minimum atomic E-state index is -0.573. The summed E-state index contributed by atoms with van der Waals surface area (Å²) in [5.74, 6) is 0. The Morgan fingerprint density at radius 3 is 2.83 bits per heavy atom. The third kappa shape index (κ3) is 1.35. The molecule has 62 valence electrons. The van der Waals surface area contributed by atoms with Crippen LogP contribution in [-0.2, 0) is 0 Å². The average Bonchev–Trinajstić information content (AvgIpc) is 2.47. The normalized spacial score (nSPS) is 9.00. The molecule has 5 nitrogen and oxygen atoms in total. The predicted molar refractivity (Wildman–Crippen MR) is 42.2 cm³/mol. The fourth-order valence-corrected chi connectivity index (χ4v) is 1.43. The number of thiophene rings is 1. The summed E-state index contributed by atoms with van der Waals surface area (Å²) < 4.78 is 4.71. The van der Waals surface area contributed by atoms with E-state index in [1.807, 2.05) is 6.07 Å². The molecule has 12 heavy (non-hydrogen) atoms. The zero-order valence-corrected chi connectivity index (χ0v) is 6.92. The summed E-state index contributed by atoms with van der Waals surface area (Å²) in [5, 5.41) is 18.9. The van der Waals surface area contributed by atoms with Crippen LogP contribution in [0.4, 0.5) is 5.69 Å². The highest BCUT2D eigenvalue weighted by molar-refractivity contribution is 7.14. The molecule has 0 spiro atoms. The zero-order valence-electron chi connectivity index (χ0n) is 6.10. The highest BCUT2D eigenvalue weighted by Crippen LogP contribution is 2.35. The monoisotopic (exact) mass is 184 g/mol.